The Morgan fingerprint density at radius 3 is 1.80 bits per heavy atom. The van der Waals surface area contributed by atoms with Gasteiger partial charge in [0.1, 0.15) is 17.1 Å². The molecule has 5 rings (SSSR count). The topological polar surface area (TPSA) is 271 Å². The first-order valence-corrected chi connectivity index (χ1v) is 15.4. The zero-order valence-corrected chi connectivity index (χ0v) is 27.8. The minimum atomic E-state index is -0.565. The van der Waals surface area contributed by atoms with Crippen LogP contribution in [0.1, 0.15) is 65.2 Å². The number of amides is 5. The molecule has 0 spiro atoms. The molecule has 4 aromatic heterocycles. The second-order valence-electron chi connectivity index (χ2n) is 11.2. The lowest BCUT2D eigenvalue weighted by Crippen LogP contribution is -2.28. The van der Waals surface area contributed by atoms with Crippen molar-refractivity contribution in [1.82, 2.24) is 30.2 Å². The Hall–Kier alpha value is -6.62. The van der Waals surface area contributed by atoms with Crippen LogP contribution in [0.2, 0.25) is 0 Å². The van der Waals surface area contributed by atoms with Gasteiger partial charge in [0, 0.05) is 53.9 Å². The number of nitrogens with one attached hydrogen (secondary N) is 10. The van der Waals surface area contributed by atoms with E-state index in [0.717, 1.165) is 0 Å². The van der Waals surface area contributed by atoms with Gasteiger partial charge in [0.15, 0.2) is 5.82 Å². The molecule has 0 fully saturated rings. The Morgan fingerprint density at radius 2 is 1.30 bits per heavy atom. The molecule has 0 saturated carbocycles. The van der Waals surface area contributed by atoms with Crippen molar-refractivity contribution < 1.29 is 24.0 Å². The zero-order chi connectivity index (χ0) is 36.3. The number of hydrogen-bond donors (Lipinski definition) is 11. The lowest BCUT2D eigenvalue weighted by molar-refractivity contribution is -0.112. The van der Waals surface area contributed by atoms with Crippen molar-refractivity contribution in [2.45, 2.75) is 27.2 Å². The predicted molar refractivity (Wildman–Crippen MR) is 189 cm³/mol. The minimum absolute atomic E-state index is 0.00423. The fourth-order valence-corrected chi connectivity index (χ4v) is 4.97. The molecule has 18 heteroatoms. The third-order valence-corrected chi connectivity index (χ3v) is 7.90. The van der Waals surface area contributed by atoms with Crippen molar-refractivity contribution in [3.8, 4) is 0 Å². The number of nitrogens with zero attached hydrogens (tertiary/aromatic N) is 1. The van der Waals surface area contributed by atoms with Gasteiger partial charge in [-0.1, -0.05) is 18.2 Å². The van der Waals surface area contributed by atoms with Crippen LogP contribution in [0, 0.1) is 26.2 Å². The van der Waals surface area contributed by atoms with E-state index in [1.807, 2.05) is 0 Å². The van der Waals surface area contributed by atoms with Gasteiger partial charge in [-0.2, -0.15) is 0 Å². The maximum atomic E-state index is 13.2. The number of H-pyrrole nitrogens is 4. The van der Waals surface area contributed by atoms with Crippen molar-refractivity contribution in [2.75, 3.05) is 27.8 Å². The number of halogens is 1. The molecule has 12 N–H and O–H groups in total. The number of anilines is 4. The highest BCUT2D eigenvalue weighted by Gasteiger charge is 2.22. The molecule has 0 saturated heterocycles. The first kappa shape index (κ1) is 34.7. The largest absolute Gasteiger partial charge is 0.388 e. The number of amidine groups is 1. The van der Waals surface area contributed by atoms with Crippen LogP contribution in [0.25, 0.3) is 11.0 Å². The van der Waals surface area contributed by atoms with E-state index in [4.69, 9.17) is 22.7 Å². The highest BCUT2D eigenvalue weighted by molar-refractivity contribution is 6.43. The number of carbonyl (C=O) groups is 5. The number of benzene rings is 1. The van der Waals surface area contributed by atoms with E-state index in [0.29, 0.717) is 50.5 Å². The van der Waals surface area contributed by atoms with Crippen LogP contribution >= 0.6 is 11.6 Å². The highest BCUT2D eigenvalue weighted by atomic mass is 35.5. The second-order valence-corrected chi connectivity index (χ2v) is 11.6. The Kier molecular flexibility index (Phi) is 9.89. The second kappa shape index (κ2) is 14.2. The van der Waals surface area contributed by atoms with Crippen molar-refractivity contribution >= 4 is 80.8 Å². The first-order valence-electron chi connectivity index (χ1n) is 15.0. The molecule has 0 bridgehead atoms. The van der Waals surface area contributed by atoms with Gasteiger partial charge in [0.05, 0.1) is 39.0 Å². The summed E-state index contributed by atoms with van der Waals surface area (Å²) in [6.45, 7) is 8.56. The third kappa shape index (κ3) is 7.42. The van der Waals surface area contributed by atoms with Crippen LogP contribution in [0.4, 0.5) is 22.7 Å². The smallest absolute Gasteiger partial charge is 0.291 e. The van der Waals surface area contributed by atoms with Crippen LogP contribution < -0.4 is 32.3 Å². The van der Waals surface area contributed by atoms with Crippen LogP contribution in [0.5, 0.6) is 0 Å². The minimum Gasteiger partial charge on any atom is -0.388 e. The van der Waals surface area contributed by atoms with Gasteiger partial charge in [-0.05, 0) is 39.0 Å². The lowest BCUT2D eigenvalue weighted by Gasteiger charge is -2.07. The van der Waals surface area contributed by atoms with Gasteiger partial charge in [-0.15, -0.1) is 0 Å². The molecular formula is C32H33ClN12O5. The summed E-state index contributed by atoms with van der Waals surface area (Å²) in [5.74, 6) is -2.59. The fraction of sp³-hybridized carbons (Fsp3) is 0.156. The number of rotatable bonds is 12. The van der Waals surface area contributed by atoms with Gasteiger partial charge in [0.2, 0.25) is 0 Å². The van der Waals surface area contributed by atoms with E-state index in [1.54, 1.807) is 39.0 Å². The molecule has 1 aromatic carbocycles. The number of aromatic amines is 4. The van der Waals surface area contributed by atoms with Crippen molar-refractivity contribution in [3.05, 3.63) is 88.0 Å². The molecule has 5 amide bonds. The average Bonchev–Trinajstić information content (AvgIpc) is 3.83. The van der Waals surface area contributed by atoms with Crippen LogP contribution in [-0.2, 0) is 4.79 Å². The summed E-state index contributed by atoms with van der Waals surface area (Å²) in [6.07, 6.45) is 4.65. The summed E-state index contributed by atoms with van der Waals surface area (Å²) in [5.41, 5.74) is 9.84. The third-order valence-electron chi connectivity index (χ3n) is 7.73. The number of hydrogen-bond acceptors (Lipinski definition) is 7. The van der Waals surface area contributed by atoms with Crippen LogP contribution in [0.3, 0.4) is 0 Å². The Bertz CT molecular complexity index is 2200. The molecule has 0 atom stereocenters. The van der Waals surface area contributed by atoms with E-state index in [9.17, 15) is 24.0 Å². The SMILES string of the molecule is C=C(Cl)C(=O)Nc1ccc2[nH]c(C(=O)Nc3c[nH]c(C(=O)Nc4c[nH]c(C(=O)Nc5c[nH]c(C(=O)NCCC(=N)N)c5C)c4C)c3C)nc2c1. The molecule has 0 radical (unpaired) electrons. The van der Waals surface area contributed by atoms with Gasteiger partial charge in [-0.25, -0.2) is 4.98 Å². The van der Waals surface area contributed by atoms with Crippen LogP contribution in [-0.4, -0.2) is 66.8 Å². The highest BCUT2D eigenvalue weighted by Crippen LogP contribution is 2.25. The number of carbonyl (C=O) groups excluding carboxylic acids is 5. The molecule has 5 aromatic rings. The molecule has 0 aliphatic rings. The monoisotopic (exact) mass is 700 g/mol. The maximum absolute atomic E-state index is 13.2. The fourth-order valence-electron chi connectivity index (χ4n) is 4.92. The van der Waals surface area contributed by atoms with Gasteiger partial charge in [0.25, 0.3) is 29.5 Å². The Labute approximate surface area is 288 Å². The summed E-state index contributed by atoms with van der Waals surface area (Å²) in [6, 6.07) is 4.83. The number of imidazole rings is 1. The summed E-state index contributed by atoms with van der Waals surface area (Å²) in [7, 11) is 0. The van der Waals surface area contributed by atoms with E-state index < -0.39 is 29.5 Å². The molecule has 17 nitrogen and oxygen atoms in total. The quantitative estimate of drug-likeness (QED) is 0.0517. The first-order chi connectivity index (χ1) is 23.7. The summed E-state index contributed by atoms with van der Waals surface area (Å²) in [4.78, 5) is 79.5. The van der Waals surface area contributed by atoms with E-state index >= 15 is 0 Å². The number of nitrogens with two attached hydrogens (primary N) is 1. The lowest BCUT2D eigenvalue weighted by atomic mass is 10.2. The van der Waals surface area contributed by atoms with Crippen molar-refractivity contribution in [1.29, 1.82) is 5.41 Å². The summed E-state index contributed by atoms with van der Waals surface area (Å²) < 4.78 is 0. The molecule has 0 unspecified atom stereocenters. The maximum Gasteiger partial charge on any atom is 0.291 e. The molecule has 0 aliphatic carbocycles. The van der Waals surface area contributed by atoms with Gasteiger partial charge < -0.3 is 52.3 Å². The zero-order valence-electron chi connectivity index (χ0n) is 27.0. The molecular weight excluding hydrogens is 668 g/mol. The Morgan fingerprint density at radius 1 is 0.800 bits per heavy atom. The normalized spacial score (nSPS) is 10.8. The van der Waals surface area contributed by atoms with E-state index in [1.165, 1.54) is 18.6 Å². The van der Waals surface area contributed by atoms with Gasteiger partial charge >= 0.3 is 0 Å². The summed E-state index contributed by atoms with van der Waals surface area (Å²) in [5, 5.41) is 20.6. The predicted octanol–water partition coefficient (Wildman–Crippen LogP) is 3.98. The Balaban J connectivity index is 1.21. The molecule has 4 heterocycles. The van der Waals surface area contributed by atoms with Crippen LogP contribution in [0.15, 0.2) is 48.4 Å². The average molecular weight is 701 g/mol. The van der Waals surface area contributed by atoms with Crippen molar-refractivity contribution in [2.24, 2.45) is 5.73 Å². The molecule has 0 aliphatic heterocycles. The van der Waals surface area contributed by atoms with Crippen molar-refractivity contribution in [3.63, 3.8) is 0 Å². The van der Waals surface area contributed by atoms with Gasteiger partial charge in [-0.3, -0.25) is 29.4 Å². The molecule has 258 valence electrons. The standard InChI is InChI=1S/C32H33ClN12O5/c1-13-20(10-37-24(13)29(47)36-8-7-23(34)35)43-30(48)25-14(2)21(11-38-25)44-31(49)26-15(3)22(12-39-26)45-32(50)27-41-18-6-5-17(9-19(18)42-27)40-28(46)16(4)33/h5-6,9-12,37-39H,4,7-8H2,1-3H3,(H3,34,35)(H,36,47)(H,40,46)(H,41,42)(H,43,48)(H,44,49)(H,45,50). The molecule has 50 heavy (non-hydrogen) atoms. The van der Waals surface area contributed by atoms with E-state index in [-0.39, 0.29) is 46.7 Å². The van der Waals surface area contributed by atoms with E-state index in [2.05, 4.69) is 58.1 Å². The summed E-state index contributed by atoms with van der Waals surface area (Å²) >= 11 is 5.62. The number of fused-ring (bicyclic) bond motifs is 1. The number of aromatic nitrogens is 5.